The van der Waals surface area contributed by atoms with Gasteiger partial charge in [0, 0.05) is 40.1 Å². The second kappa shape index (κ2) is 13.3. The van der Waals surface area contributed by atoms with Gasteiger partial charge in [0.05, 0.1) is 50.6 Å². The molecule has 0 aliphatic carbocycles. The van der Waals surface area contributed by atoms with E-state index in [1.165, 1.54) is 6.07 Å². The van der Waals surface area contributed by atoms with Crippen molar-refractivity contribution in [2.75, 3.05) is 4.90 Å². The molecule has 0 fully saturated rings. The normalized spacial score (nSPS) is 12.6. The molecule has 9 aromatic rings. The predicted octanol–water partition coefficient (Wildman–Crippen LogP) is 11.6. The predicted molar refractivity (Wildman–Crippen MR) is 225 cm³/mol. The number of hydrogen-bond donors (Lipinski definition) is 0. The van der Waals surface area contributed by atoms with Crippen LogP contribution >= 0.6 is 0 Å². The summed E-state index contributed by atoms with van der Waals surface area (Å²) < 4.78 is 2.23. The van der Waals surface area contributed by atoms with Gasteiger partial charge in [0.25, 0.3) is 0 Å². The summed E-state index contributed by atoms with van der Waals surface area (Å²) >= 11 is 0. The molecule has 6 nitrogen and oxygen atoms in total. The number of aromatic nitrogens is 2. The van der Waals surface area contributed by atoms with Gasteiger partial charge in [-0.2, -0.15) is 15.8 Å². The van der Waals surface area contributed by atoms with Gasteiger partial charge in [0.1, 0.15) is 12.1 Å². The van der Waals surface area contributed by atoms with Gasteiger partial charge < -0.3 is 9.47 Å². The summed E-state index contributed by atoms with van der Waals surface area (Å²) in [5.74, 6) is 0. The Morgan fingerprint density at radius 3 is 1.75 bits per heavy atom. The minimum absolute atomic E-state index is 0.158. The van der Waals surface area contributed by atoms with E-state index >= 15 is 0 Å². The fourth-order valence-electron chi connectivity index (χ4n) is 8.94. The van der Waals surface area contributed by atoms with E-state index in [9.17, 15) is 15.8 Å². The van der Waals surface area contributed by atoms with Crippen LogP contribution in [0.2, 0.25) is 0 Å². The topological polar surface area (TPSA) is 92.4 Å². The highest BCUT2D eigenvalue weighted by Gasteiger charge is 2.46. The number of para-hydroxylation sites is 3. The van der Waals surface area contributed by atoms with E-state index in [4.69, 9.17) is 0 Å². The molecule has 3 heterocycles. The molecule has 1 aliphatic rings. The molecule has 0 unspecified atom stereocenters. The summed E-state index contributed by atoms with van der Waals surface area (Å²) in [5.41, 5.74) is 11.5. The van der Waals surface area contributed by atoms with Crippen molar-refractivity contribution in [2.45, 2.75) is 5.41 Å². The lowest BCUT2D eigenvalue weighted by Crippen LogP contribution is -2.37. The molecular formula is C51H30N6. The zero-order chi connectivity index (χ0) is 38.5. The summed E-state index contributed by atoms with van der Waals surface area (Å²) in [5, 5.41) is 32.9. The number of anilines is 3. The van der Waals surface area contributed by atoms with E-state index in [1.807, 2.05) is 30.5 Å². The Morgan fingerprint density at radius 2 is 1.11 bits per heavy atom. The Bertz CT molecular complexity index is 3040. The standard InChI is InChI=1S/C51H30N6/c52-30-34-25-36(31-53)43(32-54)42(26-34)35-27-39(56-47-20-10-7-17-41(47)44-33-55-24-23-48(44)56)29-40(28-35)57-49-21-11-8-18-45(49)51(37-13-3-1-4-14-37,38-15-5-2-6-16-38)46-19-9-12-22-50(46)57/h1-29,33H. The summed E-state index contributed by atoms with van der Waals surface area (Å²) in [4.78, 5) is 6.79. The van der Waals surface area contributed by atoms with Crippen LogP contribution in [0.25, 0.3) is 38.6 Å². The molecule has 0 N–H and O–H groups in total. The molecule has 0 saturated carbocycles. The molecule has 7 aromatic carbocycles. The minimum Gasteiger partial charge on any atom is -0.310 e. The number of hydrogen-bond acceptors (Lipinski definition) is 5. The quantitative estimate of drug-likeness (QED) is 0.176. The van der Waals surface area contributed by atoms with Gasteiger partial charge >= 0.3 is 0 Å². The molecule has 0 bridgehead atoms. The number of rotatable bonds is 5. The highest BCUT2D eigenvalue weighted by atomic mass is 15.2. The van der Waals surface area contributed by atoms with Crippen LogP contribution in [0.5, 0.6) is 0 Å². The van der Waals surface area contributed by atoms with Crippen LogP contribution in [0.3, 0.4) is 0 Å². The van der Waals surface area contributed by atoms with Crippen molar-refractivity contribution in [3.63, 3.8) is 0 Å². The van der Waals surface area contributed by atoms with Crippen LogP contribution < -0.4 is 4.90 Å². The SMILES string of the molecule is N#Cc1cc(C#N)c(C#N)c(-c2cc(N3c4ccccc4C(c4ccccc4)(c4ccccc4)c4ccccc43)cc(-n3c4ccccc4c4cnccc43)c2)c1. The number of pyridine rings is 1. The number of fused-ring (bicyclic) bond motifs is 5. The van der Waals surface area contributed by atoms with Gasteiger partial charge in [-0.05, 0) is 82.4 Å². The monoisotopic (exact) mass is 726 g/mol. The Kier molecular flexibility index (Phi) is 7.75. The lowest BCUT2D eigenvalue weighted by atomic mass is 9.62. The second-order valence-corrected chi connectivity index (χ2v) is 14.1. The lowest BCUT2D eigenvalue weighted by Gasteiger charge is -2.46. The fraction of sp³-hybridized carbons (Fsp3) is 0.0196. The van der Waals surface area contributed by atoms with Gasteiger partial charge in [-0.25, -0.2) is 0 Å². The first-order chi connectivity index (χ1) is 28.1. The largest absolute Gasteiger partial charge is 0.310 e. The van der Waals surface area contributed by atoms with Gasteiger partial charge in [-0.15, -0.1) is 0 Å². The number of nitrogens with zero attached hydrogens (tertiary/aromatic N) is 6. The molecular weight excluding hydrogens is 697 g/mol. The zero-order valence-corrected chi connectivity index (χ0v) is 30.5. The van der Waals surface area contributed by atoms with Gasteiger partial charge in [0.2, 0.25) is 0 Å². The Balaban J connectivity index is 1.33. The third kappa shape index (κ3) is 4.98. The first-order valence-electron chi connectivity index (χ1n) is 18.6. The summed E-state index contributed by atoms with van der Waals surface area (Å²) in [6.07, 6.45) is 3.70. The third-order valence-corrected chi connectivity index (χ3v) is 11.2. The molecule has 0 amide bonds. The molecule has 264 valence electrons. The van der Waals surface area contributed by atoms with Crippen molar-refractivity contribution in [3.05, 3.63) is 221 Å². The van der Waals surface area contributed by atoms with E-state index in [2.05, 4.69) is 166 Å². The maximum atomic E-state index is 10.5. The Morgan fingerprint density at radius 1 is 0.509 bits per heavy atom. The van der Waals surface area contributed by atoms with E-state index in [0.717, 1.165) is 66.8 Å². The Labute approximate surface area is 329 Å². The van der Waals surface area contributed by atoms with Gasteiger partial charge in [0.15, 0.2) is 0 Å². The first-order valence-corrected chi connectivity index (χ1v) is 18.6. The van der Waals surface area contributed by atoms with E-state index < -0.39 is 5.41 Å². The van der Waals surface area contributed by atoms with Crippen molar-refractivity contribution in [1.29, 1.82) is 15.8 Å². The summed E-state index contributed by atoms with van der Waals surface area (Å²) in [7, 11) is 0. The zero-order valence-electron chi connectivity index (χ0n) is 30.5. The maximum Gasteiger partial charge on any atom is 0.101 e. The molecule has 0 radical (unpaired) electrons. The Hall–Kier alpha value is -8.24. The third-order valence-electron chi connectivity index (χ3n) is 11.2. The number of nitriles is 3. The average Bonchev–Trinajstić information content (AvgIpc) is 3.62. The maximum absolute atomic E-state index is 10.5. The van der Waals surface area contributed by atoms with Crippen LogP contribution in [0, 0.1) is 34.0 Å². The fourth-order valence-corrected chi connectivity index (χ4v) is 8.94. The van der Waals surface area contributed by atoms with Gasteiger partial charge in [-0.1, -0.05) is 115 Å². The molecule has 0 spiro atoms. The molecule has 2 aromatic heterocycles. The molecule has 0 atom stereocenters. The highest BCUT2D eigenvalue weighted by molar-refractivity contribution is 6.09. The molecule has 0 saturated heterocycles. The van der Waals surface area contributed by atoms with E-state index in [0.29, 0.717) is 16.7 Å². The van der Waals surface area contributed by atoms with Crippen molar-refractivity contribution in [1.82, 2.24) is 9.55 Å². The average molecular weight is 727 g/mol. The smallest absolute Gasteiger partial charge is 0.101 e. The summed E-state index contributed by atoms with van der Waals surface area (Å²) in [6.45, 7) is 0. The first kappa shape index (κ1) is 33.3. The molecule has 6 heteroatoms. The van der Waals surface area contributed by atoms with Crippen molar-refractivity contribution >= 4 is 38.9 Å². The van der Waals surface area contributed by atoms with Crippen molar-refractivity contribution in [2.24, 2.45) is 0 Å². The van der Waals surface area contributed by atoms with E-state index in [1.54, 1.807) is 12.3 Å². The van der Waals surface area contributed by atoms with Gasteiger partial charge in [-0.3, -0.25) is 4.98 Å². The highest BCUT2D eigenvalue weighted by Crippen LogP contribution is 2.58. The van der Waals surface area contributed by atoms with Crippen LogP contribution in [-0.4, -0.2) is 9.55 Å². The number of benzene rings is 7. The molecule has 10 rings (SSSR count). The van der Waals surface area contributed by atoms with Crippen LogP contribution in [0.15, 0.2) is 182 Å². The van der Waals surface area contributed by atoms with Crippen LogP contribution in [-0.2, 0) is 5.41 Å². The summed E-state index contributed by atoms with van der Waals surface area (Å²) in [6, 6.07) is 65.0. The van der Waals surface area contributed by atoms with Crippen LogP contribution in [0.1, 0.15) is 38.9 Å². The van der Waals surface area contributed by atoms with Crippen molar-refractivity contribution in [3.8, 4) is 35.0 Å². The lowest BCUT2D eigenvalue weighted by molar-refractivity contribution is 0.731. The minimum atomic E-state index is -0.650. The van der Waals surface area contributed by atoms with Crippen LogP contribution in [0.4, 0.5) is 17.1 Å². The van der Waals surface area contributed by atoms with E-state index in [-0.39, 0.29) is 11.1 Å². The molecule has 1 aliphatic heterocycles. The molecule has 57 heavy (non-hydrogen) atoms. The van der Waals surface area contributed by atoms with Crippen molar-refractivity contribution < 1.29 is 0 Å². The second-order valence-electron chi connectivity index (χ2n) is 14.1.